The summed E-state index contributed by atoms with van der Waals surface area (Å²) in [5.41, 5.74) is 1.80. The summed E-state index contributed by atoms with van der Waals surface area (Å²) in [6.45, 7) is 13.7. The average Bonchev–Trinajstić information content (AvgIpc) is 3.19. The highest BCUT2D eigenvalue weighted by Crippen LogP contribution is 2.54. The van der Waals surface area contributed by atoms with Gasteiger partial charge in [-0.25, -0.2) is 0 Å². The molecular formula is C29H39NO5. The Hall–Kier alpha value is -2.41. The molecule has 2 aliphatic rings. The molecule has 1 aliphatic heterocycles. The molecule has 4 rings (SSSR count). The van der Waals surface area contributed by atoms with Crippen LogP contribution < -0.4 is 10.1 Å². The molecule has 2 aromatic carbocycles. The van der Waals surface area contributed by atoms with Crippen molar-refractivity contribution in [2.45, 2.75) is 97.1 Å². The van der Waals surface area contributed by atoms with Crippen molar-refractivity contribution < 1.29 is 24.9 Å². The van der Waals surface area contributed by atoms with E-state index < -0.39 is 29.3 Å². The van der Waals surface area contributed by atoms with Gasteiger partial charge in [-0.15, -0.1) is 0 Å². The number of anilines is 1. The fraction of sp³-hybridized carbons (Fsp3) is 0.552. The van der Waals surface area contributed by atoms with Crippen LogP contribution in [0, 0.1) is 19.3 Å². The van der Waals surface area contributed by atoms with E-state index in [0.717, 1.165) is 16.7 Å². The van der Waals surface area contributed by atoms with Gasteiger partial charge in [0.25, 0.3) is 0 Å². The predicted molar refractivity (Wildman–Crippen MR) is 137 cm³/mol. The van der Waals surface area contributed by atoms with Crippen molar-refractivity contribution in [2.24, 2.45) is 5.41 Å². The molecule has 0 bridgehead atoms. The lowest BCUT2D eigenvalue weighted by molar-refractivity contribution is -0.117. The molecule has 190 valence electrons. The fourth-order valence-electron chi connectivity index (χ4n) is 5.63. The summed E-state index contributed by atoms with van der Waals surface area (Å²) in [6.07, 6.45) is 0.235. The molecule has 1 fully saturated rings. The molecule has 4 N–H and O–H groups in total. The zero-order chi connectivity index (χ0) is 25.9. The maximum atomic E-state index is 12.8. The van der Waals surface area contributed by atoms with Gasteiger partial charge in [0.2, 0.25) is 5.91 Å². The number of aliphatic hydroxyl groups excluding tert-OH is 2. The summed E-state index contributed by atoms with van der Waals surface area (Å²) in [7, 11) is 0. The summed E-state index contributed by atoms with van der Waals surface area (Å²) < 4.78 is 6.36. The summed E-state index contributed by atoms with van der Waals surface area (Å²) in [5.74, 6) is 0.151. The predicted octanol–water partition coefficient (Wildman–Crippen LogP) is 4.68. The normalized spacial score (nSPS) is 27.4. The first-order chi connectivity index (χ1) is 16.2. The lowest BCUT2D eigenvalue weighted by atomic mass is 9.74. The molecule has 3 atom stereocenters. The molecule has 1 saturated carbocycles. The Balaban J connectivity index is 1.81. The zero-order valence-electron chi connectivity index (χ0n) is 21.9. The highest BCUT2D eigenvalue weighted by molar-refractivity contribution is 5.92. The zero-order valence-corrected chi connectivity index (χ0v) is 21.9. The summed E-state index contributed by atoms with van der Waals surface area (Å²) in [6, 6.07) is 9.29. The van der Waals surface area contributed by atoms with Gasteiger partial charge in [-0.05, 0) is 74.3 Å². The number of fused-ring (bicyclic) bond motifs is 1. The second-order valence-corrected chi connectivity index (χ2v) is 12.0. The van der Waals surface area contributed by atoms with Crippen LogP contribution in [-0.2, 0) is 10.4 Å². The van der Waals surface area contributed by atoms with E-state index in [1.54, 1.807) is 0 Å². The molecule has 6 heteroatoms. The molecule has 0 aromatic heterocycles. The van der Waals surface area contributed by atoms with Crippen LogP contribution >= 0.6 is 0 Å². The fourth-order valence-corrected chi connectivity index (χ4v) is 5.63. The van der Waals surface area contributed by atoms with E-state index in [0.29, 0.717) is 41.8 Å². The first kappa shape index (κ1) is 25.7. The van der Waals surface area contributed by atoms with E-state index in [1.807, 2.05) is 78.8 Å². The number of carbonyl (C=O) groups excluding carboxylic acids is 1. The minimum atomic E-state index is -1.51. The van der Waals surface area contributed by atoms with Crippen LogP contribution in [0.5, 0.6) is 5.75 Å². The third kappa shape index (κ3) is 4.37. The lowest BCUT2D eigenvalue weighted by Crippen LogP contribution is -2.47. The van der Waals surface area contributed by atoms with Gasteiger partial charge in [0.1, 0.15) is 11.4 Å². The lowest BCUT2D eigenvalue weighted by Gasteiger charge is -2.36. The van der Waals surface area contributed by atoms with Crippen molar-refractivity contribution in [3.8, 4) is 5.75 Å². The molecule has 0 saturated heterocycles. The van der Waals surface area contributed by atoms with Crippen molar-refractivity contribution in [3.63, 3.8) is 0 Å². The Kier molecular flexibility index (Phi) is 6.32. The van der Waals surface area contributed by atoms with Crippen LogP contribution in [0.1, 0.15) is 87.6 Å². The molecule has 0 radical (unpaired) electrons. The van der Waals surface area contributed by atoms with E-state index >= 15 is 0 Å². The van der Waals surface area contributed by atoms with E-state index in [1.165, 1.54) is 0 Å². The molecule has 6 nitrogen and oxygen atoms in total. The smallest absolute Gasteiger partial charge is 0.224 e. The Bertz CT molecular complexity index is 1140. The minimum absolute atomic E-state index is 0.0760. The second-order valence-electron chi connectivity index (χ2n) is 12.0. The van der Waals surface area contributed by atoms with Crippen LogP contribution in [0.2, 0.25) is 0 Å². The maximum absolute atomic E-state index is 12.8. The molecule has 1 aliphatic carbocycles. The maximum Gasteiger partial charge on any atom is 0.224 e. The number of amides is 1. The van der Waals surface area contributed by atoms with Gasteiger partial charge >= 0.3 is 0 Å². The van der Waals surface area contributed by atoms with Crippen LogP contribution in [-0.4, -0.2) is 39.0 Å². The van der Waals surface area contributed by atoms with Gasteiger partial charge in [0.05, 0.1) is 12.2 Å². The van der Waals surface area contributed by atoms with Crippen LogP contribution in [0.4, 0.5) is 5.69 Å². The number of aliphatic hydroxyl groups is 3. The Labute approximate surface area is 208 Å². The quantitative estimate of drug-likeness (QED) is 0.508. The van der Waals surface area contributed by atoms with Crippen LogP contribution in [0.3, 0.4) is 0 Å². The topological polar surface area (TPSA) is 99.0 Å². The standard InChI is InChI=1S/C29H39NO5/c1-16-17(2)26-20(14-21(16)30-24(33)15-27(3,4)5)29(34,28(6,7)35-26)19-10-8-9-18(13-19)25-22(31)11-12-23(25)32/h8-10,13-14,22-23,25,31-32,34H,11-12,15H2,1-7H3,(H,30,33). The van der Waals surface area contributed by atoms with Crippen LogP contribution in [0.15, 0.2) is 30.3 Å². The highest BCUT2D eigenvalue weighted by Gasteiger charge is 2.56. The largest absolute Gasteiger partial charge is 0.483 e. The Morgan fingerprint density at radius 3 is 2.31 bits per heavy atom. The Morgan fingerprint density at radius 1 is 1.09 bits per heavy atom. The SMILES string of the molecule is Cc1c(NC(=O)CC(C)(C)C)cc2c(c1C)OC(C)(C)C2(O)c1cccc(C2C(O)CCC2O)c1. The molecule has 0 spiro atoms. The molecular weight excluding hydrogens is 442 g/mol. The number of rotatable bonds is 4. The number of hydrogen-bond acceptors (Lipinski definition) is 5. The first-order valence-corrected chi connectivity index (χ1v) is 12.5. The monoisotopic (exact) mass is 481 g/mol. The second kappa shape index (κ2) is 8.61. The molecule has 1 amide bonds. The van der Waals surface area contributed by atoms with Crippen molar-refractivity contribution in [1.82, 2.24) is 0 Å². The number of carbonyl (C=O) groups is 1. The molecule has 3 unspecified atom stereocenters. The third-order valence-corrected chi connectivity index (χ3v) is 7.70. The van der Waals surface area contributed by atoms with Crippen molar-refractivity contribution >= 4 is 11.6 Å². The van der Waals surface area contributed by atoms with E-state index in [2.05, 4.69) is 5.32 Å². The number of nitrogens with one attached hydrogen (secondary N) is 1. The van der Waals surface area contributed by atoms with Gasteiger partial charge in [-0.2, -0.15) is 0 Å². The summed E-state index contributed by atoms with van der Waals surface area (Å²) in [5, 5.41) is 36.3. The van der Waals surface area contributed by atoms with Crippen LogP contribution in [0.25, 0.3) is 0 Å². The van der Waals surface area contributed by atoms with E-state index in [-0.39, 0.29) is 11.3 Å². The number of benzene rings is 2. The van der Waals surface area contributed by atoms with Gasteiger partial charge in [0.15, 0.2) is 5.60 Å². The van der Waals surface area contributed by atoms with E-state index in [4.69, 9.17) is 4.74 Å². The van der Waals surface area contributed by atoms with Gasteiger partial charge in [0, 0.05) is 23.6 Å². The highest BCUT2D eigenvalue weighted by atomic mass is 16.5. The molecule has 1 heterocycles. The molecule has 2 aromatic rings. The van der Waals surface area contributed by atoms with Crippen molar-refractivity contribution in [1.29, 1.82) is 0 Å². The van der Waals surface area contributed by atoms with E-state index in [9.17, 15) is 20.1 Å². The number of hydrogen-bond donors (Lipinski definition) is 4. The summed E-state index contributed by atoms with van der Waals surface area (Å²) in [4.78, 5) is 12.8. The van der Waals surface area contributed by atoms with Crippen molar-refractivity contribution in [2.75, 3.05) is 5.32 Å². The first-order valence-electron chi connectivity index (χ1n) is 12.5. The van der Waals surface area contributed by atoms with Gasteiger partial charge in [-0.3, -0.25) is 4.79 Å². The summed E-state index contributed by atoms with van der Waals surface area (Å²) >= 11 is 0. The number of ether oxygens (including phenoxy) is 1. The average molecular weight is 482 g/mol. The van der Waals surface area contributed by atoms with Gasteiger partial charge < -0.3 is 25.4 Å². The van der Waals surface area contributed by atoms with Gasteiger partial charge in [-0.1, -0.05) is 45.0 Å². The minimum Gasteiger partial charge on any atom is -0.483 e. The Morgan fingerprint density at radius 2 is 1.71 bits per heavy atom. The third-order valence-electron chi connectivity index (χ3n) is 7.70. The molecule has 35 heavy (non-hydrogen) atoms. The van der Waals surface area contributed by atoms with Crippen molar-refractivity contribution in [3.05, 3.63) is 58.1 Å².